The molecule has 0 bridgehead atoms. The van der Waals surface area contributed by atoms with Crippen molar-refractivity contribution in [2.75, 3.05) is 33.2 Å². The lowest BCUT2D eigenvalue weighted by Crippen LogP contribution is -2.45. The fourth-order valence-electron chi connectivity index (χ4n) is 2.98. The Labute approximate surface area is 148 Å². The fourth-order valence-corrected chi connectivity index (χ4v) is 3.26. The van der Waals surface area contributed by atoms with Gasteiger partial charge in [0.1, 0.15) is 5.82 Å². The molecule has 24 heavy (non-hydrogen) atoms. The van der Waals surface area contributed by atoms with E-state index in [1.807, 2.05) is 16.8 Å². The minimum Gasteiger partial charge on any atom is -0.304 e. The molecule has 2 heterocycles. The number of aromatic nitrogens is 3. The van der Waals surface area contributed by atoms with E-state index in [-0.39, 0.29) is 0 Å². The molecule has 2 aromatic rings. The predicted octanol–water partition coefficient (Wildman–Crippen LogP) is 2.40. The maximum atomic E-state index is 5.66. The molecule has 0 spiro atoms. The van der Waals surface area contributed by atoms with E-state index in [1.54, 1.807) is 0 Å². The van der Waals surface area contributed by atoms with Gasteiger partial charge in [-0.25, -0.2) is 4.68 Å². The molecule has 1 aliphatic rings. The van der Waals surface area contributed by atoms with Crippen LogP contribution in [0.2, 0.25) is 0 Å². The first-order chi connectivity index (χ1) is 11.7. The number of hydrogen-bond acceptors (Lipinski definition) is 4. The molecule has 0 amide bonds. The first-order valence-electron chi connectivity index (χ1n) is 8.39. The van der Waals surface area contributed by atoms with Crippen LogP contribution in [0.4, 0.5) is 0 Å². The topological polar surface area (TPSA) is 29.2 Å². The Morgan fingerprint density at radius 1 is 1.17 bits per heavy atom. The molecular weight excluding hydrogens is 318 g/mol. The average Bonchev–Trinajstić information content (AvgIpc) is 2.87. The first-order valence-corrected chi connectivity index (χ1v) is 8.80. The Hall–Kier alpha value is -1.76. The number of piperazine rings is 1. The van der Waals surface area contributed by atoms with Gasteiger partial charge >= 0.3 is 0 Å². The van der Waals surface area contributed by atoms with Crippen molar-refractivity contribution >= 4 is 12.2 Å². The van der Waals surface area contributed by atoms with Gasteiger partial charge in [-0.05, 0) is 24.8 Å². The van der Waals surface area contributed by atoms with Crippen LogP contribution < -0.4 is 0 Å². The van der Waals surface area contributed by atoms with Crippen molar-refractivity contribution in [2.24, 2.45) is 0 Å². The lowest BCUT2D eigenvalue weighted by molar-refractivity contribution is 0.118. The molecule has 1 aromatic heterocycles. The van der Waals surface area contributed by atoms with Gasteiger partial charge in [-0.15, -0.1) is 6.58 Å². The summed E-state index contributed by atoms with van der Waals surface area (Å²) in [4.78, 5) is 4.76. The van der Waals surface area contributed by atoms with Crippen LogP contribution >= 0.6 is 12.2 Å². The van der Waals surface area contributed by atoms with E-state index in [0.717, 1.165) is 49.9 Å². The molecule has 5 nitrogen and oxygen atoms in total. The third-order valence-electron chi connectivity index (χ3n) is 4.45. The van der Waals surface area contributed by atoms with Crippen LogP contribution in [-0.2, 0) is 19.6 Å². The minimum atomic E-state index is 0.698. The standard InChI is InChI=1S/C18H25N5S/c1-3-9-22-17(14-16-7-5-4-6-8-16)19-23(18(22)24)15-21-12-10-20(2)11-13-21/h3-8H,1,9-15H2,2H3. The van der Waals surface area contributed by atoms with Gasteiger partial charge in [0.15, 0.2) is 4.77 Å². The second kappa shape index (κ2) is 7.88. The smallest absolute Gasteiger partial charge is 0.199 e. The zero-order valence-electron chi connectivity index (χ0n) is 14.3. The molecule has 1 saturated heterocycles. The highest BCUT2D eigenvalue weighted by atomic mass is 32.1. The van der Waals surface area contributed by atoms with Gasteiger partial charge in [0.2, 0.25) is 0 Å². The van der Waals surface area contributed by atoms with E-state index in [4.69, 9.17) is 17.3 Å². The van der Waals surface area contributed by atoms with Crippen molar-refractivity contribution < 1.29 is 0 Å². The molecule has 0 aliphatic carbocycles. The zero-order valence-corrected chi connectivity index (χ0v) is 15.1. The summed E-state index contributed by atoms with van der Waals surface area (Å²) in [5.74, 6) is 1.00. The van der Waals surface area contributed by atoms with Gasteiger partial charge in [0.05, 0.1) is 6.67 Å². The molecule has 0 radical (unpaired) electrons. The summed E-state index contributed by atoms with van der Waals surface area (Å²) in [7, 11) is 2.17. The largest absolute Gasteiger partial charge is 0.304 e. The van der Waals surface area contributed by atoms with Crippen LogP contribution in [0.3, 0.4) is 0 Å². The first kappa shape index (κ1) is 17.1. The molecule has 1 aromatic carbocycles. The molecule has 128 valence electrons. The van der Waals surface area contributed by atoms with E-state index in [9.17, 15) is 0 Å². The molecule has 1 aliphatic heterocycles. The summed E-state index contributed by atoms with van der Waals surface area (Å²) < 4.78 is 4.83. The van der Waals surface area contributed by atoms with E-state index in [0.29, 0.717) is 6.54 Å². The van der Waals surface area contributed by atoms with Crippen molar-refractivity contribution in [1.29, 1.82) is 0 Å². The number of likely N-dealkylation sites (N-methyl/N-ethyl adjacent to an activating group) is 1. The van der Waals surface area contributed by atoms with Gasteiger partial charge in [0, 0.05) is 39.1 Å². The number of benzene rings is 1. The number of hydrogen-bond donors (Lipinski definition) is 0. The van der Waals surface area contributed by atoms with Crippen molar-refractivity contribution in [2.45, 2.75) is 19.6 Å². The van der Waals surface area contributed by atoms with Gasteiger partial charge in [0.25, 0.3) is 0 Å². The fraction of sp³-hybridized carbons (Fsp3) is 0.444. The third-order valence-corrected chi connectivity index (χ3v) is 4.88. The summed E-state index contributed by atoms with van der Waals surface area (Å²) in [5.41, 5.74) is 1.24. The Bertz CT molecular complexity index is 726. The van der Waals surface area contributed by atoms with E-state index >= 15 is 0 Å². The Balaban J connectivity index is 1.81. The van der Waals surface area contributed by atoms with Gasteiger partial charge in [-0.3, -0.25) is 9.47 Å². The average molecular weight is 344 g/mol. The monoisotopic (exact) mass is 343 g/mol. The highest BCUT2D eigenvalue weighted by molar-refractivity contribution is 7.71. The summed E-state index contributed by atoms with van der Waals surface area (Å²) in [5, 5.41) is 4.81. The summed E-state index contributed by atoms with van der Waals surface area (Å²) in [6, 6.07) is 10.4. The van der Waals surface area contributed by atoms with E-state index in [1.165, 1.54) is 5.56 Å². The zero-order chi connectivity index (χ0) is 16.9. The Morgan fingerprint density at radius 3 is 2.54 bits per heavy atom. The predicted molar refractivity (Wildman–Crippen MR) is 99.6 cm³/mol. The van der Waals surface area contributed by atoms with Crippen molar-refractivity contribution in [3.8, 4) is 0 Å². The Morgan fingerprint density at radius 2 is 1.88 bits per heavy atom. The van der Waals surface area contributed by atoms with Crippen LogP contribution in [0.25, 0.3) is 0 Å². The summed E-state index contributed by atoms with van der Waals surface area (Å²) >= 11 is 5.66. The summed E-state index contributed by atoms with van der Waals surface area (Å²) in [6.45, 7) is 9.62. The maximum Gasteiger partial charge on any atom is 0.199 e. The van der Waals surface area contributed by atoms with Crippen molar-refractivity contribution in [1.82, 2.24) is 24.1 Å². The second-order valence-electron chi connectivity index (χ2n) is 6.32. The molecule has 6 heteroatoms. The number of nitrogens with zero attached hydrogens (tertiary/aromatic N) is 5. The second-order valence-corrected chi connectivity index (χ2v) is 6.69. The molecule has 0 saturated carbocycles. The van der Waals surface area contributed by atoms with Crippen LogP contribution in [0, 0.1) is 4.77 Å². The molecule has 1 fully saturated rings. The van der Waals surface area contributed by atoms with E-state index in [2.05, 4.69) is 52.3 Å². The molecular formula is C18H25N5S. The van der Waals surface area contributed by atoms with Gasteiger partial charge < -0.3 is 4.90 Å². The van der Waals surface area contributed by atoms with Crippen molar-refractivity contribution in [3.63, 3.8) is 0 Å². The SMILES string of the molecule is C=CCn1c(Cc2ccccc2)nn(CN2CCN(C)CC2)c1=S. The Kier molecular flexibility index (Phi) is 5.60. The quantitative estimate of drug-likeness (QED) is 0.595. The normalized spacial score (nSPS) is 16.4. The van der Waals surface area contributed by atoms with Gasteiger partial charge in [-0.1, -0.05) is 36.4 Å². The highest BCUT2D eigenvalue weighted by Crippen LogP contribution is 2.11. The number of rotatable bonds is 6. The molecule has 0 N–H and O–H groups in total. The third kappa shape index (κ3) is 4.01. The minimum absolute atomic E-state index is 0.698. The van der Waals surface area contributed by atoms with Crippen LogP contribution in [0.15, 0.2) is 43.0 Å². The molecule has 3 rings (SSSR count). The van der Waals surface area contributed by atoms with E-state index < -0.39 is 0 Å². The lowest BCUT2D eigenvalue weighted by atomic mass is 10.1. The van der Waals surface area contributed by atoms with Crippen LogP contribution in [0.1, 0.15) is 11.4 Å². The van der Waals surface area contributed by atoms with Crippen LogP contribution in [-0.4, -0.2) is 57.4 Å². The lowest BCUT2D eigenvalue weighted by Gasteiger charge is -2.31. The molecule has 0 unspecified atom stereocenters. The highest BCUT2D eigenvalue weighted by Gasteiger charge is 2.17. The summed E-state index contributed by atoms with van der Waals surface area (Å²) in [6.07, 6.45) is 2.67. The number of allylic oxidation sites excluding steroid dienone is 1. The van der Waals surface area contributed by atoms with Crippen LogP contribution in [0.5, 0.6) is 0 Å². The van der Waals surface area contributed by atoms with Gasteiger partial charge in [-0.2, -0.15) is 5.10 Å². The van der Waals surface area contributed by atoms with Crippen molar-refractivity contribution in [3.05, 3.63) is 59.1 Å². The maximum absolute atomic E-state index is 5.66. The molecule has 0 atom stereocenters.